The Morgan fingerprint density at radius 1 is 1.21 bits per heavy atom. The molecule has 96 valence electrons. The van der Waals surface area contributed by atoms with Crippen LogP contribution in [0, 0.1) is 0 Å². The minimum absolute atomic E-state index is 0.636. The third-order valence-electron chi connectivity index (χ3n) is 2.98. The van der Waals surface area contributed by atoms with Gasteiger partial charge in [-0.3, -0.25) is 4.57 Å². The first-order valence-corrected chi connectivity index (χ1v) is 6.13. The van der Waals surface area contributed by atoms with Crippen LogP contribution < -0.4 is 10.5 Å². The van der Waals surface area contributed by atoms with Gasteiger partial charge in [-0.25, -0.2) is 4.98 Å². The lowest BCUT2D eigenvalue weighted by Gasteiger charge is -2.09. The number of imidazole rings is 1. The van der Waals surface area contributed by atoms with Crippen molar-refractivity contribution >= 4 is 28.3 Å². The van der Waals surface area contributed by atoms with Crippen molar-refractivity contribution in [1.82, 2.24) is 9.55 Å². The van der Waals surface area contributed by atoms with E-state index in [9.17, 15) is 0 Å². The van der Waals surface area contributed by atoms with E-state index in [2.05, 4.69) is 4.98 Å². The molecule has 0 saturated carbocycles. The molecule has 5 heteroatoms. The third kappa shape index (κ3) is 2.00. The van der Waals surface area contributed by atoms with Gasteiger partial charge in [-0.2, -0.15) is 0 Å². The van der Waals surface area contributed by atoms with Gasteiger partial charge in [-0.15, -0.1) is 0 Å². The summed E-state index contributed by atoms with van der Waals surface area (Å²) in [6.07, 6.45) is 1.73. The van der Waals surface area contributed by atoms with Gasteiger partial charge in [0, 0.05) is 11.8 Å². The molecular formula is C14H12ClN3O. The molecule has 0 bridgehead atoms. The molecule has 19 heavy (non-hydrogen) atoms. The maximum Gasteiger partial charge on any atom is 0.121 e. The molecule has 0 spiro atoms. The number of hydrogen-bond acceptors (Lipinski definition) is 3. The largest absolute Gasteiger partial charge is 0.497 e. The number of aromatic nitrogens is 2. The number of ether oxygens (including phenoxy) is 1. The van der Waals surface area contributed by atoms with Crippen molar-refractivity contribution in [2.24, 2.45) is 0 Å². The molecule has 1 aromatic heterocycles. The molecule has 0 saturated heterocycles. The summed E-state index contributed by atoms with van der Waals surface area (Å²) in [6.45, 7) is 0. The van der Waals surface area contributed by atoms with Crippen molar-refractivity contribution in [1.29, 1.82) is 0 Å². The second-order valence-electron chi connectivity index (χ2n) is 4.18. The molecule has 0 aliphatic heterocycles. The lowest BCUT2D eigenvalue weighted by atomic mass is 10.2. The Hall–Kier alpha value is -2.20. The van der Waals surface area contributed by atoms with Gasteiger partial charge in [0.05, 0.1) is 28.9 Å². The van der Waals surface area contributed by atoms with Crippen LogP contribution in [0.4, 0.5) is 5.69 Å². The molecule has 3 rings (SSSR count). The van der Waals surface area contributed by atoms with Crippen LogP contribution in [0.2, 0.25) is 5.02 Å². The van der Waals surface area contributed by atoms with Crippen molar-refractivity contribution in [3.05, 3.63) is 47.7 Å². The van der Waals surface area contributed by atoms with Gasteiger partial charge in [-0.1, -0.05) is 11.6 Å². The number of nitrogens with two attached hydrogens (primary N) is 1. The molecule has 3 aromatic rings. The second-order valence-corrected chi connectivity index (χ2v) is 4.59. The molecule has 0 radical (unpaired) electrons. The maximum atomic E-state index is 6.25. The van der Waals surface area contributed by atoms with Crippen LogP contribution in [-0.4, -0.2) is 16.7 Å². The smallest absolute Gasteiger partial charge is 0.121 e. The summed E-state index contributed by atoms with van der Waals surface area (Å²) >= 11 is 6.25. The van der Waals surface area contributed by atoms with Crippen LogP contribution in [0.25, 0.3) is 16.7 Å². The van der Waals surface area contributed by atoms with Gasteiger partial charge in [0.25, 0.3) is 0 Å². The zero-order valence-corrected chi connectivity index (χ0v) is 11.1. The molecule has 0 aliphatic carbocycles. The Morgan fingerprint density at radius 3 is 2.84 bits per heavy atom. The zero-order valence-electron chi connectivity index (χ0n) is 10.3. The molecular weight excluding hydrogens is 262 g/mol. The molecule has 0 amide bonds. The van der Waals surface area contributed by atoms with Crippen LogP contribution in [-0.2, 0) is 0 Å². The van der Waals surface area contributed by atoms with Gasteiger partial charge < -0.3 is 10.5 Å². The molecule has 0 atom stereocenters. The minimum atomic E-state index is 0.636. The molecule has 4 nitrogen and oxygen atoms in total. The lowest BCUT2D eigenvalue weighted by molar-refractivity contribution is 0.414. The fourth-order valence-electron chi connectivity index (χ4n) is 2.03. The number of rotatable bonds is 2. The lowest BCUT2D eigenvalue weighted by Crippen LogP contribution is -1.95. The first kappa shape index (κ1) is 11.9. The summed E-state index contributed by atoms with van der Waals surface area (Å²) in [5.74, 6) is 0.747. The zero-order chi connectivity index (χ0) is 13.4. The van der Waals surface area contributed by atoms with Crippen LogP contribution in [0.3, 0.4) is 0 Å². The first-order chi connectivity index (χ1) is 9.19. The van der Waals surface area contributed by atoms with Crippen molar-refractivity contribution in [3.63, 3.8) is 0 Å². The quantitative estimate of drug-likeness (QED) is 0.729. The summed E-state index contributed by atoms with van der Waals surface area (Å²) in [6, 6.07) is 11.1. The van der Waals surface area contributed by atoms with Gasteiger partial charge in [0.15, 0.2) is 0 Å². The fourth-order valence-corrected chi connectivity index (χ4v) is 2.23. The Bertz CT molecular complexity index is 752. The van der Waals surface area contributed by atoms with E-state index < -0.39 is 0 Å². The topological polar surface area (TPSA) is 53.1 Å². The molecule has 1 heterocycles. The summed E-state index contributed by atoms with van der Waals surface area (Å²) in [7, 11) is 1.62. The summed E-state index contributed by atoms with van der Waals surface area (Å²) < 4.78 is 7.14. The van der Waals surface area contributed by atoms with Crippen molar-refractivity contribution in [3.8, 4) is 11.4 Å². The highest BCUT2D eigenvalue weighted by Gasteiger charge is 2.09. The number of fused-ring (bicyclic) bond motifs is 1. The number of nitrogen functional groups attached to an aromatic ring is 1. The Morgan fingerprint density at radius 2 is 2.05 bits per heavy atom. The second kappa shape index (κ2) is 4.48. The standard InChI is InChI=1S/C14H12ClN3O/c1-19-10-3-4-11(15)14(7-10)18-8-17-12-6-9(16)2-5-13(12)18/h2-8H,16H2,1H3. The van der Waals surface area contributed by atoms with Crippen LogP contribution in [0.15, 0.2) is 42.7 Å². The molecule has 2 N–H and O–H groups in total. The average molecular weight is 274 g/mol. The predicted octanol–water partition coefficient (Wildman–Crippen LogP) is 3.27. The summed E-state index contributed by atoms with van der Waals surface area (Å²) in [4.78, 5) is 4.34. The normalized spacial score (nSPS) is 10.8. The van der Waals surface area contributed by atoms with Gasteiger partial charge in [0.2, 0.25) is 0 Å². The predicted molar refractivity (Wildman–Crippen MR) is 77.0 cm³/mol. The van der Waals surface area contributed by atoms with E-state index in [1.807, 2.05) is 34.9 Å². The number of methoxy groups -OCH3 is 1. The maximum absolute atomic E-state index is 6.25. The van der Waals surface area contributed by atoms with E-state index in [1.54, 1.807) is 19.5 Å². The number of hydrogen-bond donors (Lipinski definition) is 1. The van der Waals surface area contributed by atoms with Gasteiger partial charge >= 0.3 is 0 Å². The van der Waals surface area contributed by atoms with E-state index >= 15 is 0 Å². The molecule has 0 unspecified atom stereocenters. The SMILES string of the molecule is COc1ccc(Cl)c(-n2cnc3cc(N)ccc32)c1. The number of anilines is 1. The van der Waals surface area contributed by atoms with Crippen molar-refractivity contribution in [2.45, 2.75) is 0 Å². The van der Waals surface area contributed by atoms with Crippen LogP contribution in [0.5, 0.6) is 5.75 Å². The monoisotopic (exact) mass is 273 g/mol. The van der Waals surface area contributed by atoms with Crippen molar-refractivity contribution in [2.75, 3.05) is 12.8 Å². The molecule has 0 fully saturated rings. The van der Waals surface area contributed by atoms with E-state index in [-0.39, 0.29) is 0 Å². The average Bonchev–Trinajstić information content (AvgIpc) is 2.82. The highest BCUT2D eigenvalue weighted by atomic mass is 35.5. The molecule has 0 aliphatic rings. The van der Waals surface area contributed by atoms with Gasteiger partial charge in [-0.05, 0) is 30.3 Å². The van der Waals surface area contributed by atoms with Gasteiger partial charge in [0.1, 0.15) is 12.1 Å². The van der Waals surface area contributed by atoms with E-state index in [0.29, 0.717) is 10.7 Å². The number of halogens is 1. The summed E-state index contributed by atoms with van der Waals surface area (Å²) in [5, 5.41) is 0.636. The minimum Gasteiger partial charge on any atom is -0.497 e. The third-order valence-corrected chi connectivity index (χ3v) is 3.30. The number of nitrogens with zero attached hydrogens (tertiary/aromatic N) is 2. The van der Waals surface area contributed by atoms with Crippen LogP contribution in [0.1, 0.15) is 0 Å². The highest BCUT2D eigenvalue weighted by molar-refractivity contribution is 6.32. The first-order valence-electron chi connectivity index (χ1n) is 5.75. The summed E-state index contributed by atoms with van der Waals surface area (Å²) in [5.41, 5.74) is 9.05. The van der Waals surface area contributed by atoms with E-state index in [1.165, 1.54) is 0 Å². The Balaban J connectivity index is 2.24. The van der Waals surface area contributed by atoms with Crippen LogP contribution >= 0.6 is 11.6 Å². The van der Waals surface area contributed by atoms with E-state index in [0.717, 1.165) is 22.5 Å². The highest BCUT2D eigenvalue weighted by Crippen LogP contribution is 2.28. The van der Waals surface area contributed by atoms with E-state index in [4.69, 9.17) is 22.1 Å². The Kier molecular flexibility index (Phi) is 2.80. The number of benzene rings is 2. The van der Waals surface area contributed by atoms with Crippen molar-refractivity contribution < 1.29 is 4.74 Å². The fraction of sp³-hybridized carbons (Fsp3) is 0.0714. The Labute approximate surface area is 115 Å². The molecule has 2 aromatic carbocycles.